The van der Waals surface area contributed by atoms with Gasteiger partial charge in [0.2, 0.25) is 7.28 Å². The van der Waals surface area contributed by atoms with E-state index in [1.54, 1.807) is 0 Å². The Morgan fingerprint density at radius 3 is 1.91 bits per heavy atom. The van der Waals surface area contributed by atoms with Crippen LogP contribution in [0.3, 0.4) is 0 Å². The van der Waals surface area contributed by atoms with Gasteiger partial charge in [0.25, 0.3) is 0 Å². The molecule has 2 nitrogen and oxygen atoms in total. The van der Waals surface area contributed by atoms with Gasteiger partial charge in [-0.3, -0.25) is 4.98 Å². The van der Waals surface area contributed by atoms with Crippen LogP contribution in [0.15, 0.2) is 158 Å². The summed E-state index contributed by atoms with van der Waals surface area (Å²) in [4.78, 5) is 4.91. The fourth-order valence-corrected chi connectivity index (χ4v) is 10.8. The summed E-state index contributed by atoms with van der Waals surface area (Å²) in [6.07, 6.45) is 8.09. The number of benzene rings is 5. The molecule has 0 bridgehead atoms. The average molecular weight is 590 g/mol. The maximum Gasteiger partial charge on any atom is 0.241 e. The number of aromatic nitrogens is 2. The summed E-state index contributed by atoms with van der Waals surface area (Å²) in [6, 6.07) is 52.5. The maximum absolute atomic E-state index is 4.91. The third-order valence-electron chi connectivity index (χ3n) is 8.02. The van der Waals surface area contributed by atoms with Crippen LogP contribution in [0.2, 0.25) is 0 Å². The molecule has 0 aliphatic heterocycles. The molecule has 5 heteroatoms. The molecule has 209 valence electrons. The SMILES string of the molecule is SCCc1cccc([Si](Cn2ccnc2[B]C(=Cc2ccccc2)c2ccccc2)(c2ccccc2)c2ccccc2)c1. The third kappa shape index (κ3) is 6.54. The Bertz CT molecular complexity index is 1730. The van der Waals surface area contributed by atoms with Crippen LogP contribution in [0.4, 0.5) is 0 Å². The van der Waals surface area contributed by atoms with E-state index in [2.05, 4.69) is 182 Å². The fraction of sp³-hybridized carbons (Fsp3) is 0.0789. The van der Waals surface area contributed by atoms with E-state index in [9.17, 15) is 0 Å². The normalized spacial score (nSPS) is 11.8. The van der Waals surface area contributed by atoms with Gasteiger partial charge in [-0.05, 0) is 44.4 Å². The minimum Gasteiger partial charge on any atom is -0.345 e. The highest BCUT2D eigenvalue weighted by atomic mass is 32.1. The van der Waals surface area contributed by atoms with E-state index in [1.165, 1.54) is 21.1 Å². The van der Waals surface area contributed by atoms with Gasteiger partial charge in [-0.1, -0.05) is 157 Å². The topological polar surface area (TPSA) is 17.8 Å². The number of imidazole rings is 1. The highest BCUT2D eigenvalue weighted by Crippen LogP contribution is 2.18. The van der Waals surface area contributed by atoms with Crippen molar-refractivity contribution in [3.05, 3.63) is 175 Å². The number of hydrogen-bond acceptors (Lipinski definition) is 2. The maximum atomic E-state index is 4.91. The molecule has 0 saturated carbocycles. The summed E-state index contributed by atoms with van der Waals surface area (Å²) in [5, 5.41) is 4.16. The standard InChI is InChI=1S/C38H34BN2SSi/c42-27-24-32-16-13-23-36(28-32)43(34-19-9-3-10-20-34,35-21-11-4-12-22-35)30-41-26-25-40-38(41)39-37(33-17-7-2-8-18-33)29-31-14-5-1-6-15-31/h1-23,25-26,28-29,42H,24,27,30H2. The van der Waals surface area contributed by atoms with Crippen LogP contribution in [0, 0.1) is 0 Å². The monoisotopic (exact) mass is 589 g/mol. The zero-order valence-electron chi connectivity index (χ0n) is 24.1. The second kappa shape index (κ2) is 13.8. The Morgan fingerprint density at radius 1 is 0.698 bits per heavy atom. The van der Waals surface area contributed by atoms with Crippen molar-refractivity contribution in [1.29, 1.82) is 0 Å². The molecule has 0 amide bonds. The van der Waals surface area contributed by atoms with E-state index in [0.29, 0.717) is 0 Å². The van der Waals surface area contributed by atoms with Crippen LogP contribution in [-0.2, 0) is 12.6 Å². The third-order valence-corrected chi connectivity index (χ3v) is 13.0. The highest BCUT2D eigenvalue weighted by Gasteiger charge is 2.40. The van der Waals surface area contributed by atoms with E-state index in [1.807, 2.05) is 6.20 Å². The van der Waals surface area contributed by atoms with E-state index < -0.39 is 8.07 Å². The van der Waals surface area contributed by atoms with Crippen LogP contribution in [0.25, 0.3) is 11.5 Å². The van der Waals surface area contributed by atoms with E-state index in [4.69, 9.17) is 4.98 Å². The van der Waals surface area contributed by atoms with Gasteiger partial charge in [-0.25, -0.2) is 0 Å². The van der Waals surface area contributed by atoms with Crippen molar-refractivity contribution in [3.8, 4) is 0 Å². The molecule has 0 spiro atoms. The summed E-state index contributed by atoms with van der Waals surface area (Å²) >= 11 is 4.55. The van der Waals surface area contributed by atoms with Crippen molar-refractivity contribution in [1.82, 2.24) is 9.55 Å². The van der Waals surface area contributed by atoms with Crippen LogP contribution < -0.4 is 21.3 Å². The molecule has 0 aliphatic rings. The Kier molecular flexibility index (Phi) is 9.22. The van der Waals surface area contributed by atoms with Crippen molar-refractivity contribution >= 4 is 60.8 Å². The number of nitrogens with zero attached hydrogens (tertiary/aromatic N) is 2. The zero-order chi connectivity index (χ0) is 29.3. The fourth-order valence-electron chi connectivity index (χ4n) is 5.90. The van der Waals surface area contributed by atoms with Gasteiger partial charge < -0.3 is 4.57 Å². The molecule has 1 heterocycles. The molecule has 6 rings (SSSR count). The first-order valence-corrected chi connectivity index (χ1v) is 17.6. The van der Waals surface area contributed by atoms with Gasteiger partial charge in [-0.2, -0.15) is 12.6 Å². The summed E-state index contributed by atoms with van der Waals surface area (Å²) < 4.78 is 2.36. The Hall–Kier alpha value is -4.32. The number of thiol groups is 1. The van der Waals surface area contributed by atoms with Gasteiger partial charge in [0.1, 0.15) is 0 Å². The quantitative estimate of drug-likeness (QED) is 0.0903. The Balaban J connectivity index is 1.49. The molecule has 5 aromatic carbocycles. The predicted molar refractivity (Wildman–Crippen MR) is 190 cm³/mol. The minimum atomic E-state index is -2.57. The van der Waals surface area contributed by atoms with E-state index >= 15 is 0 Å². The first-order valence-electron chi connectivity index (χ1n) is 14.8. The lowest BCUT2D eigenvalue weighted by Gasteiger charge is -2.35. The van der Waals surface area contributed by atoms with Gasteiger partial charge in [0.15, 0.2) is 8.07 Å². The van der Waals surface area contributed by atoms with Crippen molar-refractivity contribution < 1.29 is 0 Å². The van der Waals surface area contributed by atoms with Crippen LogP contribution in [0.5, 0.6) is 0 Å². The average Bonchev–Trinajstić information content (AvgIpc) is 3.51. The van der Waals surface area contributed by atoms with Crippen LogP contribution in [0.1, 0.15) is 16.7 Å². The van der Waals surface area contributed by atoms with Gasteiger partial charge >= 0.3 is 0 Å². The molecule has 0 fully saturated rings. The largest absolute Gasteiger partial charge is 0.345 e. The molecule has 1 aromatic heterocycles. The summed E-state index contributed by atoms with van der Waals surface area (Å²) in [6.45, 7) is 0. The number of hydrogen-bond donors (Lipinski definition) is 1. The number of rotatable bonds is 11. The van der Waals surface area contributed by atoms with Crippen LogP contribution in [-0.4, -0.2) is 30.7 Å². The molecule has 0 N–H and O–H groups in total. The second-order valence-electron chi connectivity index (χ2n) is 10.7. The zero-order valence-corrected chi connectivity index (χ0v) is 26.0. The number of aryl methyl sites for hydroxylation is 1. The molecule has 0 aliphatic carbocycles. The van der Waals surface area contributed by atoms with Gasteiger partial charge in [0.05, 0.1) is 5.72 Å². The Morgan fingerprint density at radius 2 is 1.28 bits per heavy atom. The summed E-state index contributed by atoms with van der Waals surface area (Å²) in [5.74, 6) is 0.825. The Labute approximate surface area is 262 Å². The lowest BCUT2D eigenvalue weighted by atomic mass is 9.65. The van der Waals surface area contributed by atoms with Crippen molar-refractivity contribution in [2.45, 2.75) is 12.6 Å². The molecule has 1 radical (unpaired) electrons. The molecule has 0 saturated heterocycles. The molecule has 43 heavy (non-hydrogen) atoms. The van der Waals surface area contributed by atoms with E-state index in [0.717, 1.165) is 40.7 Å². The lowest BCUT2D eigenvalue weighted by Crippen LogP contribution is -2.70. The highest BCUT2D eigenvalue weighted by molar-refractivity contribution is 7.80. The smallest absolute Gasteiger partial charge is 0.241 e. The van der Waals surface area contributed by atoms with E-state index in [-0.39, 0.29) is 0 Å². The van der Waals surface area contributed by atoms with Crippen LogP contribution >= 0.6 is 12.6 Å². The summed E-state index contributed by atoms with van der Waals surface area (Å²) in [5.41, 5.74) is 5.72. The van der Waals surface area contributed by atoms with Crippen molar-refractivity contribution in [2.24, 2.45) is 0 Å². The van der Waals surface area contributed by atoms with Gasteiger partial charge in [-0.15, -0.1) is 0 Å². The van der Waals surface area contributed by atoms with Crippen molar-refractivity contribution in [3.63, 3.8) is 0 Å². The minimum absolute atomic E-state index is 0.824. The first-order chi connectivity index (χ1) is 21.3. The van der Waals surface area contributed by atoms with Crippen molar-refractivity contribution in [2.75, 3.05) is 5.75 Å². The van der Waals surface area contributed by atoms with Gasteiger partial charge in [0, 0.05) is 18.6 Å². The lowest BCUT2D eigenvalue weighted by molar-refractivity contribution is 0.893. The predicted octanol–water partition coefficient (Wildman–Crippen LogP) is 5.59. The summed E-state index contributed by atoms with van der Waals surface area (Å²) in [7, 11) is -0.335. The molecule has 6 aromatic rings. The molecular formula is C38H34BN2SSi. The first kappa shape index (κ1) is 28.8. The second-order valence-corrected chi connectivity index (χ2v) is 15.1. The molecular weight excluding hydrogens is 555 g/mol. The molecule has 0 atom stereocenters. The molecule has 0 unspecified atom stereocenters.